The van der Waals surface area contributed by atoms with Crippen LogP contribution in [0.25, 0.3) is 0 Å². The molecule has 0 aliphatic heterocycles. The predicted molar refractivity (Wildman–Crippen MR) is 79.2 cm³/mol. The van der Waals surface area contributed by atoms with E-state index in [1.54, 1.807) is 12.1 Å². The van der Waals surface area contributed by atoms with Crippen LogP contribution in [-0.2, 0) is 16.6 Å². The topological polar surface area (TPSA) is 88.4 Å². The number of hydrogen-bond donors (Lipinski definition) is 2. The van der Waals surface area contributed by atoms with Crippen LogP contribution in [-0.4, -0.2) is 27.1 Å². The van der Waals surface area contributed by atoms with Crippen LogP contribution in [0.4, 0.5) is 0 Å². The van der Waals surface area contributed by atoms with Gasteiger partial charge in [0.05, 0.1) is 12.8 Å². The summed E-state index contributed by atoms with van der Waals surface area (Å²) < 4.78 is 29.6. The maximum absolute atomic E-state index is 11.9. The maximum Gasteiger partial charge on any atom is 0.287 e. The molecule has 21 heavy (non-hydrogen) atoms. The zero-order valence-electron chi connectivity index (χ0n) is 12.0. The Morgan fingerprint density at radius 3 is 2.86 bits per heavy atom. The Balaban J connectivity index is 1.82. The predicted octanol–water partition coefficient (Wildman–Crippen LogP) is 1.41. The molecule has 0 unspecified atom stereocenters. The minimum absolute atomic E-state index is 0.0412. The molecule has 0 radical (unpaired) electrons. The fourth-order valence-corrected chi connectivity index (χ4v) is 2.57. The lowest BCUT2D eigenvalue weighted by Crippen LogP contribution is -2.29. The van der Waals surface area contributed by atoms with Crippen LogP contribution in [0.15, 0.2) is 28.7 Å². The molecule has 1 aliphatic rings. The summed E-state index contributed by atoms with van der Waals surface area (Å²) in [7, 11) is -3.28. The van der Waals surface area contributed by atoms with E-state index in [1.165, 1.54) is 0 Å². The van der Waals surface area contributed by atoms with Crippen LogP contribution in [0.5, 0.6) is 0 Å². The number of hydrogen-bond acceptors (Lipinski definition) is 4. The van der Waals surface area contributed by atoms with Crippen LogP contribution < -0.4 is 10.0 Å². The number of rotatable bonds is 6. The largest absolute Gasteiger partial charge is 0.455 e. The quantitative estimate of drug-likeness (QED) is 0.777. The highest BCUT2D eigenvalue weighted by Gasteiger charge is 2.15. The van der Waals surface area contributed by atoms with E-state index in [0.29, 0.717) is 18.2 Å². The van der Waals surface area contributed by atoms with Crippen molar-refractivity contribution in [2.24, 2.45) is 5.92 Å². The third-order valence-corrected chi connectivity index (χ3v) is 3.99. The van der Waals surface area contributed by atoms with Crippen LogP contribution in [0.1, 0.15) is 35.6 Å². The molecule has 1 aromatic rings. The van der Waals surface area contributed by atoms with E-state index in [4.69, 9.17) is 4.42 Å². The minimum atomic E-state index is -3.28. The molecule has 0 bridgehead atoms. The smallest absolute Gasteiger partial charge is 0.287 e. The second-order valence-electron chi connectivity index (χ2n) is 5.22. The fraction of sp³-hybridized carbons (Fsp3) is 0.500. The molecule has 1 atom stereocenters. The first-order valence-electron chi connectivity index (χ1n) is 6.90. The summed E-state index contributed by atoms with van der Waals surface area (Å²) in [5, 5.41) is 2.85. The number of nitrogens with one attached hydrogen (secondary N) is 2. The highest BCUT2D eigenvalue weighted by atomic mass is 32.2. The van der Waals surface area contributed by atoms with E-state index in [2.05, 4.69) is 22.2 Å². The molecule has 2 N–H and O–H groups in total. The summed E-state index contributed by atoms with van der Waals surface area (Å²) in [6, 6.07) is 3.14. The van der Waals surface area contributed by atoms with Crippen molar-refractivity contribution in [2.75, 3.05) is 12.8 Å². The molecule has 0 saturated heterocycles. The Hall–Kier alpha value is -1.60. The van der Waals surface area contributed by atoms with Crippen LogP contribution >= 0.6 is 0 Å². The molecule has 1 aromatic heterocycles. The van der Waals surface area contributed by atoms with Gasteiger partial charge in [-0.25, -0.2) is 13.1 Å². The number of carbonyl (C=O) groups is 1. The second-order valence-corrected chi connectivity index (χ2v) is 7.05. The van der Waals surface area contributed by atoms with Gasteiger partial charge in [-0.1, -0.05) is 12.2 Å². The molecule has 0 fully saturated rings. The molecule has 0 saturated carbocycles. The van der Waals surface area contributed by atoms with Crippen LogP contribution in [0.2, 0.25) is 0 Å². The van der Waals surface area contributed by atoms with Crippen molar-refractivity contribution in [1.82, 2.24) is 10.0 Å². The second kappa shape index (κ2) is 6.91. The molecule has 2 rings (SSSR count). The Morgan fingerprint density at radius 1 is 1.38 bits per heavy atom. The van der Waals surface area contributed by atoms with Gasteiger partial charge >= 0.3 is 0 Å². The van der Waals surface area contributed by atoms with Gasteiger partial charge in [-0.3, -0.25) is 4.79 Å². The first-order valence-corrected chi connectivity index (χ1v) is 8.80. The summed E-state index contributed by atoms with van der Waals surface area (Å²) >= 11 is 0. The Bertz CT molecular complexity index is 619. The lowest BCUT2D eigenvalue weighted by molar-refractivity contribution is 0.0916. The van der Waals surface area contributed by atoms with E-state index in [1.807, 2.05) is 0 Å². The molecular weight excluding hydrogens is 292 g/mol. The molecule has 1 aliphatic carbocycles. The van der Waals surface area contributed by atoms with Gasteiger partial charge in [0.25, 0.3) is 5.91 Å². The zero-order chi connectivity index (χ0) is 15.3. The third-order valence-electron chi connectivity index (χ3n) is 3.32. The maximum atomic E-state index is 11.9. The minimum Gasteiger partial charge on any atom is -0.455 e. The Kier molecular flexibility index (Phi) is 5.19. The van der Waals surface area contributed by atoms with Crippen LogP contribution in [0, 0.1) is 5.92 Å². The van der Waals surface area contributed by atoms with Crippen molar-refractivity contribution >= 4 is 15.9 Å². The average Bonchev–Trinajstić information content (AvgIpc) is 2.92. The van der Waals surface area contributed by atoms with Crippen molar-refractivity contribution in [3.8, 4) is 0 Å². The summed E-state index contributed by atoms with van der Waals surface area (Å²) in [6.45, 7) is 0.667. The molecule has 6 nitrogen and oxygen atoms in total. The van der Waals surface area contributed by atoms with Gasteiger partial charge in [0.2, 0.25) is 10.0 Å². The molecule has 0 aromatic carbocycles. The molecule has 1 heterocycles. The summed E-state index contributed by atoms with van der Waals surface area (Å²) in [4.78, 5) is 11.9. The van der Waals surface area contributed by atoms with Gasteiger partial charge in [-0.15, -0.1) is 0 Å². The van der Waals surface area contributed by atoms with Gasteiger partial charge < -0.3 is 9.73 Å². The first kappa shape index (κ1) is 15.8. The number of allylic oxidation sites excluding steroid dienone is 2. The molecular formula is C14H20N2O4S. The standard InChI is InChI=1S/C14H20N2O4S/c1-21(18,19)16-10-12-7-8-13(20-12)14(17)15-9-11-5-3-2-4-6-11/h2-3,7-8,11,16H,4-6,9-10H2,1H3,(H,15,17)/t11-/m1/s1. The van der Waals surface area contributed by atoms with Gasteiger partial charge in [0, 0.05) is 6.54 Å². The number of furan rings is 1. The van der Waals surface area contributed by atoms with Crippen molar-refractivity contribution < 1.29 is 17.6 Å². The van der Waals surface area contributed by atoms with Crippen molar-refractivity contribution in [2.45, 2.75) is 25.8 Å². The Labute approximate surface area is 124 Å². The molecule has 116 valence electrons. The monoisotopic (exact) mass is 312 g/mol. The van der Waals surface area contributed by atoms with E-state index in [-0.39, 0.29) is 18.2 Å². The van der Waals surface area contributed by atoms with Crippen LogP contribution in [0.3, 0.4) is 0 Å². The van der Waals surface area contributed by atoms with Crippen molar-refractivity contribution in [3.63, 3.8) is 0 Å². The average molecular weight is 312 g/mol. The molecule has 0 spiro atoms. The summed E-state index contributed by atoms with van der Waals surface area (Å²) in [6.07, 6.45) is 8.50. The van der Waals surface area contributed by atoms with Crippen molar-refractivity contribution in [1.29, 1.82) is 0 Å². The third kappa shape index (κ3) is 5.35. The summed E-state index contributed by atoms with van der Waals surface area (Å²) in [5.74, 6) is 0.813. The van der Waals surface area contributed by atoms with Crippen molar-refractivity contribution in [3.05, 3.63) is 35.8 Å². The lowest BCUT2D eigenvalue weighted by Gasteiger charge is -2.17. The highest BCUT2D eigenvalue weighted by Crippen LogP contribution is 2.17. The van der Waals surface area contributed by atoms with Gasteiger partial charge in [-0.2, -0.15) is 0 Å². The van der Waals surface area contributed by atoms with E-state index >= 15 is 0 Å². The van der Waals surface area contributed by atoms with E-state index in [0.717, 1.165) is 25.5 Å². The molecule has 7 heteroatoms. The Morgan fingerprint density at radius 2 is 2.19 bits per heavy atom. The van der Waals surface area contributed by atoms with Gasteiger partial charge in [0.1, 0.15) is 5.76 Å². The normalized spacial score (nSPS) is 18.6. The zero-order valence-corrected chi connectivity index (χ0v) is 12.8. The van der Waals surface area contributed by atoms with E-state index < -0.39 is 10.0 Å². The first-order chi connectivity index (χ1) is 9.94. The summed E-state index contributed by atoms with van der Waals surface area (Å²) in [5.41, 5.74) is 0. The van der Waals surface area contributed by atoms with E-state index in [9.17, 15) is 13.2 Å². The highest BCUT2D eigenvalue weighted by molar-refractivity contribution is 7.88. The molecule has 1 amide bonds. The number of carbonyl (C=O) groups excluding carboxylic acids is 1. The number of sulfonamides is 1. The SMILES string of the molecule is CS(=O)(=O)NCc1ccc(C(=O)NC[C@@H]2CC=CCC2)o1. The van der Waals surface area contributed by atoms with Gasteiger partial charge in [-0.05, 0) is 37.3 Å². The number of amides is 1. The fourth-order valence-electron chi connectivity index (χ4n) is 2.16. The van der Waals surface area contributed by atoms with Gasteiger partial charge in [0.15, 0.2) is 5.76 Å². The lowest BCUT2D eigenvalue weighted by atomic mass is 9.94.